The summed E-state index contributed by atoms with van der Waals surface area (Å²) in [5.41, 5.74) is 5.37. The Kier molecular flexibility index (Phi) is 6.26. The van der Waals surface area contributed by atoms with E-state index < -0.39 is 6.34 Å². The Balaban J connectivity index is 1.61. The van der Waals surface area contributed by atoms with Gasteiger partial charge in [-0.3, -0.25) is 14.1 Å². The highest BCUT2D eigenvalue weighted by Gasteiger charge is 2.47. The zero-order chi connectivity index (χ0) is 24.7. The first-order valence-electron chi connectivity index (χ1n) is 11.7. The summed E-state index contributed by atoms with van der Waals surface area (Å²) in [6, 6.07) is 21.5. The summed E-state index contributed by atoms with van der Waals surface area (Å²) >= 11 is 6.52. The van der Waals surface area contributed by atoms with Crippen molar-refractivity contribution in [2.45, 2.75) is 19.9 Å². The van der Waals surface area contributed by atoms with Crippen LogP contribution >= 0.6 is 6.34 Å². The number of fused-ring (bicyclic) bond motifs is 2. The number of esters is 1. The molecule has 2 heterocycles. The molecule has 0 aromatic heterocycles. The van der Waals surface area contributed by atoms with Crippen molar-refractivity contribution in [3.63, 3.8) is 0 Å². The molecule has 0 spiro atoms. The second-order valence-electron chi connectivity index (χ2n) is 8.93. The fraction of sp³-hybridized carbons (Fsp3) is 0.259. The van der Waals surface area contributed by atoms with Crippen LogP contribution in [0.2, 0.25) is 0 Å². The first-order chi connectivity index (χ1) is 16.8. The number of carbonyl (C=O) groups is 2. The van der Waals surface area contributed by atoms with Crippen LogP contribution in [0.4, 0.5) is 11.4 Å². The molecule has 6 nitrogen and oxygen atoms in total. The summed E-state index contributed by atoms with van der Waals surface area (Å²) in [5, 5.41) is 0.928. The molecule has 0 saturated carbocycles. The molecule has 0 saturated heterocycles. The van der Waals surface area contributed by atoms with Crippen LogP contribution in [0, 0.1) is 0 Å². The lowest BCUT2D eigenvalue weighted by Gasteiger charge is -2.41. The molecule has 180 valence electrons. The standard InChI is InChI=1S/C27H28N3O3PS/c1-4-33-27(32)20-9-11-22(12-10-20)30-26(31)24-17-23(28(2)3)13-14-25(24)34(30,35)29-16-15-19-7-5-6-8-21(19)18-29/h5-14,17H,4,15-16,18H2,1-3H3. The lowest BCUT2D eigenvalue weighted by molar-refractivity contribution is 0.0526. The van der Waals surface area contributed by atoms with Gasteiger partial charge in [0.1, 0.15) is 6.34 Å². The van der Waals surface area contributed by atoms with Gasteiger partial charge >= 0.3 is 5.97 Å². The number of hydrogen-bond acceptors (Lipinski definition) is 5. The molecule has 3 aromatic carbocycles. The monoisotopic (exact) mass is 505 g/mol. The highest BCUT2D eigenvalue weighted by Crippen LogP contribution is 2.60. The Morgan fingerprint density at radius 1 is 1.06 bits per heavy atom. The van der Waals surface area contributed by atoms with Crippen LogP contribution in [0.15, 0.2) is 66.7 Å². The van der Waals surface area contributed by atoms with Gasteiger partial charge in [-0.2, -0.15) is 0 Å². The summed E-state index contributed by atoms with van der Waals surface area (Å²) in [6.45, 7) is 3.58. The van der Waals surface area contributed by atoms with Crippen LogP contribution in [0.3, 0.4) is 0 Å². The van der Waals surface area contributed by atoms with Gasteiger partial charge in [0.2, 0.25) is 0 Å². The predicted molar refractivity (Wildman–Crippen MR) is 144 cm³/mol. The topological polar surface area (TPSA) is 53.1 Å². The molecule has 1 atom stereocenters. The van der Waals surface area contributed by atoms with Crippen LogP contribution < -0.4 is 14.9 Å². The van der Waals surface area contributed by atoms with Crippen LogP contribution in [0.5, 0.6) is 0 Å². The van der Waals surface area contributed by atoms with Gasteiger partial charge in [0.05, 0.1) is 23.4 Å². The molecule has 0 fully saturated rings. The van der Waals surface area contributed by atoms with Crippen molar-refractivity contribution in [1.82, 2.24) is 4.67 Å². The van der Waals surface area contributed by atoms with Gasteiger partial charge in [-0.05, 0) is 66.9 Å². The fourth-order valence-electron chi connectivity index (χ4n) is 4.79. The molecule has 0 radical (unpaired) electrons. The molecule has 0 N–H and O–H groups in total. The molecule has 1 unspecified atom stereocenters. The smallest absolute Gasteiger partial charge is 0.338 e. The van der Waals surface area contributed by atoms with Gasteiger partial charge in [-0.15, -0.1) is 0 Å². The Morgan fingerprint density at radius 3 is 2.46 bits per heavy atom. The normalized spacial score (nSPS) is 19.3. The van der Waals surface area contributed by atoms with Crippen molar-refractivity contribution in [2.75, 3.05) is 36.8 Å². The van der Waals surface area contributed by atoms with Crippen molar-refractivity contribution in [3.8, 4) is 0 Å². The SMILES string of the molecule is CCOC(=O)c1ccc(N2C(=O)c3cc(N(C)C)ccc3P2(=S)N2CCc3ccccc3C2)cc1. The molecule has 0 bridgehead atoms. The van der Waals surface area contributed by atoms with Gasteiger partial charge in [-0.25, -0.2) is 4.79 Å². The number of anilines is 2. The Hall–Kier alpha value is -2.99. The van der Waals surface area contributed by atoms with Crippen molar-refractivity contribution in [1.29, 1.82) is 0 Å². The van der Waals surface area contributed by atoms with Gasteiger partial charge in [0.25, 0.3) is 5.91 Å². The van der Waals surface area contributed by atoms with Crippen molar-refractivity contribution in [2.24, 2.45) is 0 Å². The lowest BCUT2D eigenvalue weighted by atomic mass is 10.0. The molecule has 1 amide bonds. The number of rotatable bonds is 5. The number of amides is 1. The van der Waals surface area contributed by atoms with E-state index in [4.69, 9.17) is 16.5 Å². The van der Waals surface area contributed by atoms with Crippen molar-refractivity contribution < 1.29 is 14.3 Å². The first-order valence-corrected chi connectivity index (χ1v) is 14.4. The van der Waals surface area contributed by atoms with Crippen LogP contribution in [0.1, 0.15) is 38.8 Å². The molecule has 5 rings (SSSR count). The third kappa shape index (κ3) is 3.98. The van der Waals surface area contributed by atoms with E-state index in [1.807, 2.05) is 54.0 Å². The van der Waals surface area contributed by atoms with Crippen molar-refractivity contribution >= 4 is 46.7 Å². The minimum Gasteiger partial charge on any atom is -0.462 e. The maximum absolute atomic E-state index is 13.9. The first kappa shape index (κ1) is 23.7. The Bertz CT molecular complexity index is 1360. The highest BCUT2D eigenvalue weighted by molar-refractivity contribution is 8.18. The molecule has 35 heavy (non-hydrogen) atoms. The second kappa shape index (κ2) is 9.23. The Labute approximate surface area is 211 Å². The van der Waals surface area contributed by atoms with E-state index in [0.29, 0.717) is 30.0 Å². The van der Waals surface area contributed by atoms with E-state index in [1.165, 1.54) is 11.1 Å². The van der Waals surface area contributed by atoms with E-state index in [1.54, 1.807) is 19.1 Å². The maximum atomic E-state index is 13.9. The zero-order valence-corrected chi connectivity index (χ0v) is 21.8. The van der Waals surface area contributed by atoms with E-state index in [0.717, 1.165) is 24.0 Å². The Morgan fingerprint density at radius 2 is 1.77 bits per heavy atom. The minimum atomic E-state index is -2.67. The molecular formula is C27H28N3O3PS. The third-order valence-electron chi connectivity index (χ3n) is 6.62. The van der Waals surface area contributed by atoms with E-state index in [9.17, 15) is 9.59 Å². The zero-order valence-electron chi connectivity index (χ0n) is 20.1. The fourth-order valence-corrected chi connectivity index (χ4v) is 9.22. The molecule has 2 aliphatic heterocycles. The summed E-state index contributed by atoms with van der Waals surface area (Å²) < 4.78 is 9.26. The number of ether oxygens (including phenoxy) is 1. The largest absolute Gasteiger partial charge is 0.462 e. The summed E-state index contributed by atoms with van der Waals surface area (Å²) in [4.78, 5) is 28.1. The van der Waals surface area contributed by atoms with E-state index in [2.05, 4.69) is 28.9 Å². The van der Waals surface area contributed by atoms with Crippen LogP contribution in [-0.4, -0.2) is 43.8 Å². The van der Waals surface area contributed by atoms with Crippen LogP contribution in [-0.2, 0) is 29.5 Å². The van der Waals surface area contributed by atoms with E-state index in [-0.39, 0.29) is 11.9 Å². The molecule has 8 heteroatoms. The average Bonchev–Trinajstić information content (AvgIpc) is 3.10. The number of nitrogens with zero attached hydrogens (tertiary/aromatic N) is 3. The summed E-state index contributed by atoms with van der Waals surface area (Å²) in [5.74, 6) is -0.465. The summed E-state index contributed by atoms with van der Waals surface area (Å²) in [6.07, 6.45) is -1.77. The molecule has 0 aliphatic carbocycles. The minimum absolute atomic E-state index is 0.0882. The van der Waals surface area contributed by atoms with Gasteiger partial charge in [-0.1, -0.05) is 36.1 Å². The average molecular weight is 506 g/mol. The predicted octanol–water partition coefficient (Wildman–Crippen LogP) is 4.58. The molecule has 3 aromatic rings. The number of benzene rings is 3. The lowest BCUT2D eigenvalue weighted by Crippen LogP contribution is -2.37. The molecular weight excluding hydrogens is 477 g/mol. The third-order valence-corrected chi connectivity index (χ3v) is 11.5. The van der Waals surface area contributed by atoms with Gasteiger partial charge in [0.15, 0.2) is 0 Å². The quantitative estimate of drug-likeness (QED) is 0.374. The number of hydrogen-bond donors (Lipinski definition) is 0. The van der Waals surface area contributed by atoms with Gasteiger partial charge in [0, 0.05) is 38.2 Å². The van der Waals surface area contributed by atoms with E-state index >= 15 is 0 Å². The van der Waals surface area contributed by atoms with Crippen LogP contribution in [0.25, 0.3) is 0 Å². The summed E-state index contributed by atoms with van der Waals surface area (Å²) in [7, 11) is 3.93. The van der Waals surface area contributed by atoms with Crippen molar-refractivity contribution in [3.05, 3.63) is 89.0 Å². The molecule has 2 aliphatic rings. The maximum Gasteiger partial charge on any atom is 0.338 e. The van der Waals surface area contributed by atoms with Gasteiger partial charge < -0.3 is 9.64 Å². The number of carbonyl (C=O) groups excluding carboxylic acids is 2. The second-order valence-corrected chi connectivity index (χ2v) is 13.0. The highest BCUT2D eigenvalue weighted by atomic mass is 32.4.